The van der Waals surface area contributed by atoms with Gasteiger partial charge in [-0.25, -0.2) is 5.10 Å². The molecular formula is C17H17N5OS. The van der Waals surface area contributed by atoms with Crippen LogP contribution in [0, 0.1) is 4.77 Å². The van der Waals surface area contributed by atoms with E-state index in [4.69, 9.17) is 17.0 Å². The summed E-state index contributed by atoms with van der Waals surface area (Å²) in [6.45, 7) is 2.79. The van der Waals surface area contributed by atoms with Gasteiger partial charge < -0.3 is 4.74 Å². The van der Waals surface area contributed by atoms with E-state index in [0.717, 1.165) is 23.3 Å². The van der Waals surface area contributed by atoms with Crippen LogP contribution in [0.2, 0.25) is 0 Å². The first-order chi connectivity index (χ1) is 11.8. The number of nitrogens with one attached hydrogen (secondary N) is 1. The molecule has 3 aromatic rings. The number of rotatable bonds is 6. The fourth-order valence-corrected chi connectivity index (χ4v) is 2.25. The minimum absolute atomic E-state index is 0.424. The largest absolute Gasteiger partial charge is 0.494 e. The van der Waals surface area contributed by atoms with Gasteiger partial charge in [-0.1, -0.05) is 6.92 Å². The Morgan fingerprint density at radius 2 is 2.12 bits per heavy atom. The van der Waals surface area contributed by atoms with Crippen LogP contribution in [-0.2, 0) is 0 Å². The molecule has 6 nitrogen and oxygen atoms in total. The molecule has 0 aliphatic heterocycles. The topological polar surface area (TPSA) is 68.1 Å². The quantitative estimate of drug-likeness (QED) is 0.549. The molecule has 0 aliphatic carbocycles. The molecule has 3 rings (SSSR count). The van der Waals surface area contributed by atoms with Gasteiger partial charge in [-0.15, -0.1) is 0 Å². The molecule has 0 amide bonds. The lowest BCUT2D eigenvalue weighted by Crippen LogP contribution is -1.96. The molecule has 122 valence electrons. The van der Waals surface area contributed by atoms with Gasteiger partial charge in [-0.05, 0) is 60.6 Å². The van der Waals surface area contributed by atoms with Gasteiger partial charge in [-0.2, -0.15) is 14.9 Å². The highest BCUT2D eigenvalue weighted by molar-refractivity contribution is 7.71. The minimum Gasteiger partial charge on any atom is -0.494 e. The molecule has 2 heterocycles. The van der Waals surface area contributed by atoms with E-state index >= 15 is 0 Å². The molecule has 1 aromatic carbocycles. The summed E-state index contributed by atoms with van der Waals surface area (Å²) in [5.41, 5.74) is 1.78. The number of hydrogen-bond acceptors (Lipinski definition) is 5. The first-order valence-corrected chi connectivity index (χ1v) is 8.04. The zero-order chi connectivity index (χ0) is 16.8. The maximum absolute atomic E-state index is 5.57. The molecule has 0 saturated carbocycles. The van der Waals surface area contributed by atoms with Crippen molar-refractivity contribution in [3.63, 3.8) is 0 Å². The number of H-pyrrole nitrogens is 1. The first-order valence-electron chi connectivity index (χ1n) is 7.63. The zero-order valence-corrected chi connectivity index (χ0v) is 14.0. The van der Waals surface area contributed by atoms with Crippen LogP contribution in [0.3, 0.4) is 0 Å². The van der Waals surface area contributed by atoms with Crippen molar-refractivity contribution in [2.24, 2.45) is 5.10 Å². The molecule has 24 heavy (non-hydrogen) atoms. The number of ether oxygens (including phenoxy) is 1. The van der Waals surface area contributed by atoms with Crippen molar-refractivity contribution in [3.05, 3.63) is 59.1 Å². The Labute approximate surface area is 144 Å². The third kappa shape index (κ3) is 3.75. The molecule has 7 heteroatoms. The normalized spacial score (nSPS) is 11.0. The second kappa shape index (κ2) is 7.65. The molecule has 0 aliphatic rings. The predicted molar refractivity (Wildman–Crippen MR) is 95.9 cm³/mol. The van der Waals surface area contributed by atoms with Gasteiger partial charge >= 0.3 is 0 Å². The molecule has 0 bridgehead atoms. The summed E-state index contributed by atoms with van der Waals surface area (Å²) in [6, 6.07) is 11.5. The summed E-state index contributed by atoms with van der Waals surface area (Å²) in [5.74, 6) is 1.47. The summed E-state index contributed by atoms with van der Waals surface area (Å²) in [6.07, 6.45) is 6.14. The average molecular weight is 339 g/mol. The van der Waals surface area contributed by atoms with Gasteiger partial charge in [0.05, 0.1) is 12.8 Å². The monoisotopic (exact) mass is 339 g/mol. The third-order valence-corrected chi connectivity index (χ3v) is 3.51. The van der Waals surface area contributed by atoms with Crippen LogP contribution >= 0.6 is 12.2 Å². The maximum atomic E-state index is 5.57. The van der Waals surface area contributed by atoms with E-state index in [2.05, 4.69) is 27.2 Å². The van der Waals surface area contributed by atoms with Crippen molar-refractivity contribution in [1.82, 2.24) is 19.9 Å². The standard InChI is InChI=1S/C17H17N5OS/c1-2-10-23-15-7-5-13(6-8-15)11-19-22-16(20-21-17(22)24)14-4-3-9-18-12-14/h3-9,11-12H,2,10H2,1H3,(H,21,24)/b19-11+. The molecule has 1 N–H and O–H groups in total. The lowest BCUT2D eigenvalue weighted by molar-refractivity contribution is 0.317. The summed E-state index contributed by atoms with van der Waals surface area (Å²) in [5, 5.41) is 11.4. The number of aromatic nitrogens is 4. The fraction of sp³-hybridized carbons (Fsp3) is 0.176. The van der Waals surface area contributed by atoms with E-state index < -0.39 is 0 Å². The molecule has 0 fully saturated rings. The van der Waals surface area contributed by atoms with Crippen molar-refractivity contribution in [2.75, 3.05) is 6.61 Å². The van der Waals surface area contributed by atoms with E-state index in [1.807, 2.05) is 36.4 Å². The minimum atomic E-state index is 0.424. The summed E-state index contributed by atoms with van der Waals surface area (Å²) in [7, 11) is 0. The number of hydrogen-bond donors (Lipinski definition) is 1. The average Bonchev–Trinajstić information content (AvgIpc) is 3.00. The van der Waals surface area contributed by atoms with Crippen LogP contribution < -0.4 is 4.74 Å². The van der Waals surface area contributed by atoms with E-state index in [-0.39, 0.29) is 0 Å². The zero-order valence-electron chi connectivity index (χ0n) is 13.2. The molecule has 0 radical (unpaired) electrons. The van der Waals surface area contributed by atoms with Gasteiger partial charge in [-0.3, -0.25) is 4.98 Å². The summed E-state index contributed by atoms with van der Waals surface area (Å²) >= 11 is 5.25. The highest BCUT2D eigenvalue weighted by atomic mass is 32.1. The molecular weight excluding hydrogens is 322 g/mol. The van der Waals surface area contributed by atoms with Crippen LogP contribution in [0.15, 0.2) is 53.9 Å². The third-order valence-electron chi connectivity index (χ3n) is 3.25. The van der Waals surface area contributed by atoms with E-state index in [0.29, 0.717) is 17.2 Å². The van der Waals surface area contributed by atoms with Crippen molar-refractivity contribution < 1.29 is 4.74 Å². The van der Waals surface area contributed by atoms with E-state index in [1.165, 1.54) is 0 Å². The van der Waals surface area contributed by atoms with Crippen molar-refractivity contribution in [2.45, 2.75) is 13.3 Å². The van der Waals surface area contributed by atoms with Crippen LogP contribution in [0.4, 0.5) is 0 Å². The first kappa shape index (κ1) is 16.1. The van der Waals surface area contributed by atoms with Crippen molar-refractivity contribution in [3.8, 4) is 17.1 Å². The molecule has 2 aromatic heterocycles. The summed E-state index contributed by atoms with van der Waals surface area (Å²) in [4.78, 5) is 4.10. The SMILES string of the molecule is CCCOc1ccc(/C=N/n2c(-c3cccnc3)n[nH]c2=S)cc1. The Bertz CT molecular complexity index is 868. The van der Waals surface area contributed by atoms with Gasteiger partial charge in [0.15, 0.2) is 5.82 Å². The smallest absolute Gasteiger partial charge is 0.216 e. The number of pyridine rings is 1. The Balaban J connectivity index is 1.82. The maximum Gasteiger partial charge on any atom is 0.216 e. The van der Waals surface area contributed by atoms with Crippen LogP contribution in [-0.4, -0.2) is 32.7 Å². The van der Waals surface area contributed by atoms with Crippen LogP contribution in [0.5, 0.6) is 5.75 Å². The Morgan fingerprint density at radius 1 is 1.29 bits per heavy atom. The van der Waals surface area contributed by atoms with Crippen LogP contribution in [0.1, 0.15) is 18.9 Å². The lowest BCUT2D eigenvalue weighted by Gasteiger charge is -2.04. The second-order valence-electron chi connectivity index (χ2n) is 5.07. The van der Waals surface area contributed by atoms with Gasteiger partial charge in [0.1, 0.15) is 5.75 Å². The van der Waals surface area contributed by atoms with Crippen molar-refractivity contribution >= 4 is 18.4 Å². The van der Waals surface area contributed by atoms with E-state index in [9.17, 15) is 0 Å². The lowest BCUT2D eigenvalue weighted by atomic mass is 10.2. The molecule has 0 atom stereocenters. The number of aromatic amines is 1. The molecule has 0 unspecified atom stereocenters. The summed E-state index contributed by atoms with van der Waals surface area (Å²) < 4.78 is 7.57. The van der Waals surface area contributed by atoms with Gasteiger partial charge in [0.2, 0.25) is 4.77 Å². The molecule has 0 saturated heterocycles. The number of benzene rings is 1. The molecule has 0 spiro atoms. The van der Waals surface area contributed by atoms with Gasteiger partial charge in [0.25, 0.3) is 0 Å². The Morgan fingerprint density at radius 3 is 2.83 bits per heavy atom. The Kier molecular flexibility index (Phi) is 5.12. The highest BCUT2D eigenvalue weighted by Crippen LogP contribution is 2.16. The van der Waals surface area contributed by atoms with Gasteiger partial charge in [0, 0.05) is 18.0 Å². The van der Waals surface area contributed by atoms with Crippen molar-refractivity contribution in [1.29, 1.82) is 0 Å². The highest BCUT2D eigenvalue weighted by Gasteiger charge is 2.07. The number of nitrogens with zero attached hydrogens (tertiary/aromatic N) is 4. The van der Waals surface area contributed by atoms with Crippen LogP contribution in [0.25, 0.3) is 11.4 Å². The van der Waals surface area contributed by atoms with E-state index in [1.54, 1.807) is 23.3 Å². The fourth-order valence-electron chi connectivity index (χ4n) is 2.08. The second-order valence-corrected chi connectivity index (χ2v) is 5.45. The predicted octanol–water partition coefficient (Wildman–Crippen LogP) is 3.67. The Hall–Kier alpha value is -2.80.